The van der Waals surface area contributed by atoms with E-state index in [1.807, 2.05) is 6.07 Å². The quantitative estimate of drug-likeness (QED) is 0.679. The second-order valence-corrected chi connectivity index (χ2v) is 4.79. The molecule has 0 aliphatic carbocycles. The lowest BCUT2D eigenvalue weighted by Crippen LogP contribution is -2.24. The summed E-state index contributed by atoms with van der Waals surface area (Å²) in [7, 11) is 0. The van der Waals surface area contributed by atoms with Crippen LogP contribution >= 0.6 is 23.2 Å². The summed E-state index contributed by atoms with van der Waals surface area (Å²) in [6.07, 6.45) is 4.76. The van der Waals surface area contributed by atoms with Gasteiger partial charge in [0.2, 0.25) is 0 Å². The first-order valence-corrected chi connectivity index (χ1v) is 6.70. The number of halogens is 2. The molecular weight excluding hydrogens is 313 g/mol. The number of hydrazone groups is 1. The molecule has 2 aromatic rings. The summed E-state index contributed by atoms with van der Waals surface area (Å²) in [6.45, 7) is -0.203. The number of nitrogens with zero attached hydrogens (tertiary/aromatic N) is 2. The molecule has 0 saturated carbocycles. The Morgan fingerprint density at radius 3 is 2.95 bits per heavy atom. The van der Waals surface area contributed by atoms with Gasteiger partial charge in [0.1, 0.15) is 5.75 Å². The summed E-state index contributed by atoms with van der Waals surface area (Å²) < 4.78 is 5.27. The number of ether oxygens (including phenoxy) is 1. The number of aromatic nitrogens is 1. The third-order valence-corrected chi connectivity index (χ3v) is 2.87. The van der Waals surface area contributed by atoms with Gasteiger partial charge >= 0.3 is 0 Å². The van der Waals surface area contributed by atoms with Crippen LogP contribution < -0.4 is 10.2 Å². The second kappa shape index (κ2) is 7.61. The Bertz CT molecular complexity index is 648. The van der Waals surface area contributed by atoms with E-state index in [4.69, 9.17) is 27.9 Å². The lowest BCUT2D eigenvalue weighted by atomic mass is 10.3. The van der Waals surface area contributed by atoms with E-state index in [0.29, 0.717) is 15.8 Å². The number of amides is 1. The molecule has 1 aromatic carbocycles. The van der Waals surface area contributed by atoms with Gasteiger partial charge in [0.15, 0.2) is 6.61 Å². The van der Waals surface area contributed by atoms with Gasteiger partial charge in [-0.2, -0.15) is 5.10 Å². The smallest absolute Gasteiger partial charge is 0.277 e. The summed E-state index contributed by atoms with van der Waals surface area (Å²) in [6, 6.07) is 8.34. The highest BCUT2D eigenvalue weighted by Crippen LogP contribution is 2.27. The fourth-order valence-corrected chi connectivity index (χ4v) is 1.86. The van der Waals surface area contributed by atoms with Crippen molar-refractivity contribution in [3.8, 4) is 5.75 Å². The average molecular weight is 324 g/mol. The Balaban J connectivity index is 1.81. The van der Waals surface area contributed by atoms with Crippen molar-refractivity contribution < 1.29 is 9.53 Å². The van der Waals surface area contributed by atoms with E-state index < -0.39 is 5.91 Å². The van der Waals surface area contributed by atoms with Gasteiger partial charge < -0.3 is 4.74 Å². The van der Waals surface area contributed by atoms with Crippen LogP contribution in [-0.2, 0) is 4.79 Å². The van der Waals surface area contributed by atoms with Crippen LogP contribution in [0.2, 0.25) is 10.0 Å². The molecule has 0 unspecified atom stereocenters. The molecule has 108 valence electrons. The van der Waals surface area contributed by atoms with Crippen molar-refractivity contribution in [1.82, 2.24) is 10.4 Å². The van der Waals surface area contributed by atoms with Gasteiger partial charge in [-0.05, 0) is 24.3 Å². The molecule has 0 spiro atoms. The predicted octanol–water partition coefficient (Wildman–Crippen LogP) is 2.92. The number of hydrogen-bond donors (Lipinski definition) is 1. The zero-order chi connectivity index (χ0) is 15.1. The first-order chi connectivity index (χ1) is 10.1. The Hall–Kier alpha value is -2.11. The monoisotopic (exact) mass is 323 g/mol. The van der Waals surface area contributed by atoms with E-state index in [0.717, 1.165) is 5.56 Å². The standard InChI is InChI=1S/C14H11Cl2N3O2/c15-11-3-4-13(12(16)6-11)21-9-14(20)19-18-8-10-2-1-5-17-7-10/h1-8H,9H2,(H,19,20)/b18-8-. The molecule has 0 aliphatic heterocycles. The van der Waals surface area contributed by atoms with E-state index in [1.54, 1.807) is 30.6 Å². The predicted molar refractivity (Wildman–Crippen MR) is 81.9 cm³/mol. The van der Waals surface area contributed by atoms with Gasteiger partial charge in [-0.25, -0.2) is 5.43 Å². The van der Waals surface area contributed by atoms with E-state index in [2.05, 4.69) is 15.5 Å². The van der Waals surface area contributed by atoms with E-state index in [1.165, 1.54) is 12.3 Å². The maximum absolute atomic E-state index is 11.6. The molecule has 0 aliphatic rings. The van der Waals surface area contributed by atoms with E-state index in [9.17, 15) is 4.79 Å². The molecule has 7 heteroatoms. The third-order valence-electron chi connectivity index (χ3n) is 2.34. The number of carbonyl (C=O) groups is 1. The summed E-state index contributed by atoms with van der Waals surface area (Å²) in [5.41, 5.74) is 3.12. The van der Waals surface area contributed by atoms with Crippen molar-refractivity contribution in [1.29, 1.82) is 0 Å². The molecule has 0 fully saturated rings. The summed E-state index contributed by atoms with van der Waals surface area (Å²) >= 11 is 11.7. The topological polar surface area (TPSA) is 63.6 Å². The van der Waals surface area contributed by atoms with Crippen molar-refractivity contribution in [3.05, 3.63) is 58.3 Å². The van der Waals surface area contributed by atoms with Gasteiger partial charge in [0.05, 0.1) is 11.2 Å². The van der Waals surface area contributed by atoms with Crippen LogP contribution in [0, 0.1) is 0 Å². The Kier molecular flexibility index (Phi) is 5.54. The number of carbonyl (C=O) groups excluding carboxylic acids is 1. The highest BCUT2D eigenvalue weighted by atomic mass is 35.5. The molecule has 0 saturated heterocycles. The zero-order valence-electron chi connectivity index (χ0n) is 10.8. The SMILES string of the molecule is O=C(COc1ccc(Cl)cc1Cl)N/N=C\c1cccnc1. The number of benzene rings is 1. The highest BCUT2D eigenvalue weighted by Gasteiger charge is 2.05. The van der Waals surface area contributed by atoms with Crippen LogP contribution in [0.25, 0.3) is 0 Å². The molecule has 0 radical (unpaired) electrons. The van der Waals surface area contributed by atoms with Crippen LogP contribution in [0.15, 0.2) is 47.8 Å². The first kappa shape index (κ1) is 15.3. The van der Waals surface area contributed by atoms with Crippen LogP contribution in [0.5, 0.6) is 5.75 Å². The Morgan fingerprint density at radius 2 is 2.24 bits per heavy atom. The van der Waals surface area contributed by atoms with Crippen LogP contribution in [-0.4, -0.2) is 23.7 Å². The fraction of sp³-hybridized carbons (Fsp3) is 0.0714. The molecule has 21 heavy (non-hydrogen) atoms. The van der Waals surface area contributed by atoms with Crippen molar-refractivity contribution in [2.75, 3.05) is 6.61 Å². The van der Waals surface area contributed by atoms with Crippen LogP contribution in [0.1, 0.15) is 5.56 Å². The molecule has 0 bridgehead atoms. The third kappa shape index (κ3) is 5.06. The summed E-state index contributed by atoms with van der Waals surface area (Å²) in [5.74, 6) is -0.0198. The lowest BCUT2D eigenvalue weighted by molar-refractivity contribution is -0.123. The molecular formula is C14H11Cl2N3O2. The molecule has 1 heterocycles. The zero-order valence-corrected chi connectivity index (χ0v) is 12.3. The summed E-state index contributed by atoms with van der Waals surface area (Å²) in [5, 5.41) is 4.63. The normalized spacial score (nSPS) is 10.6. The Labute approximate surface area is 131 Å². The number of nitrogens with one attached hydrogen (secondary N) is 1. The van der Waals surface area contributed by atoms with Gasteiger partial charge in [-0.15, -0.1) is 0 Å². The van der Waals surface area contributed by atoms with E-state index >= 15 is 0 Å². The maximum atomic E-state index is 11.6. The molecule has 1 N–H and O–H groups in total. The van der Waals surface area contributed by atoms with Crippen molar-refractivity contribution in [3.63, 3.8) is 0 Å². The molecule has 0 atom stereocenters. The minimum atomic E-state index is -0.402. The molecule has 2 rings (SSSR count). The van der Waals surface area contributed by atoms with Crippen molar-refractivity contribution in [2.45, 2.75) is 0 Å². The van der Waals surface area contributed by atoms with E-state index in [-0.39, 0.29) is 6.61 Å². The number of rotatable bonds is 5. The largest absolute Gasteiger partial charge is 0.482 e. The molecule has 1 aromatic heterocycles. The first-order valence-electron chi connectivity index (χ1n) is 5.95. The highest BCUT2D eigenvalue weighted by molar-refractivity contribution is 6.35. The molecule has 5 nitrogen and oxygen atoms in total. The van der Waals surface area contributed by atoms with Gasteiger partial charge in [0, 0.05) is 23.0 Å². The minimum Gasteiger partial charge on any atom is -0.482 e. The number of pyridine rings is 1. The fourth-order valence-electron chi connectivity index (χ4n) is 1.40. The Morgan fingerprint density at radius 1 is 1.38 bits per heavy atom. The number of hydrogen-bond acceptors (Lipinski definition) is 4. The maximum Gasteiger partial charge on any atom is 0.277 e. The minimum absolute atomic E-state index is 0.203. The van der Waals surface area contributed by atoms with Gasteiger partial charge in [-0.3, -0.25) is 9.78 Å². The van der Waals surface area contributed by atoms with Crippen molar-refractivity contribution >= 4 is 35.3 Å². The van der Waals surface area contributed by atoms with Gasteiger partial charge in [-0.1, -0.05) is 29.3 Å². The average Bonchev–Trinajstić information content (AvgIpc) is 2.47. The lowest BCUT2D eigenvalue weighted by Gasteiger charge is -2.06. The summed E-state index contributed by atoms with van der Waals surface area (Å²) in [4.78, 5) is 15.5. The van der Waals surface area contributed by atoms with Crippen LogP contribution in [0.3, 0.4) is 0 Å². The van der Waals surface area contributed by atoms with Gasteiger partial charge in [0.25, 0.3) is 5.91 Å². The van der Waals surface area contributed by atoms with Crippen molar-refractivity contribution in [2.24, 2.45) is 5.10 Å². The second-order valence-electron chi connectivity index (χ2n) is 3.94. The molecule has 1 amide bonds. The van der Waals surface area contributed by atoms with Crippen LogP contribution in [0.4, 0.5) is 0 Å².